The van der Waals surface area contributed by atoms with Crippen molar-refractivity contribution >= 4 is 33.4 Å². The molecular weight excluding hydrogens is 494 g/mol. The fourth-order valence-corrected chi connectivity index (χ4v) is 3.96. The van der Waals surface area contributed by atoms with Gasteiger partial charge in [0, 0.05) is 25.8 Å². The second kappa shape index (κ2) is 11.8. The Hall–Kier alpha value is -3.44. The van der Waals surface area contributed by atoms with Crippen molar-refractivity contribution in [1.29, 1.82) is 0 Å². The van der Waals surface area contributed by atoms with Gasteiger partial charge in [0.05, 0.1) is 15.5 Å². The van der Waals surface area contributed by atoms with Gasteiger partial charge in [0.15, 0.2) is 6.79 Å². The number of carbonyl (C=O) groups excluding carboxylic acids is 2. The van der Waals surface area contributed by atoms with Crippen LogP contribution in [-0.2, 0) is 27.8 Å². The van der Waals surface area contributed by atoms with Crippen molar-refractivity contribution in [3.05, 3.63) is 94.0 Å². The highest BCUT2D eigenvalue weighted by atomic mass is 35.5. The first kappa shape index (κ1) is 26.2. The van der Waals surface area contributed by atoms with Gasteiger partial charge in [-0.25, -0.2) is 13.6 Å². The Kier molecular flexibility index (Phi) is 8.83. The average Bonchev–Trinajstić information content (AvgIpc) is 2.84. The lowest BCUT2D eigenvalue weighted by atomic mass is 10.1. The van der Waals surface area contributed by atoms with Crippen LogP contribution in [0.2, 0.25) is 5.02 Å². The minimum Gasteiger partial charge on any atom is -0.468 e. The van der Waals surface area contributed by atoms with Crippen molar-refractivity contribution in [3.8, 4) is 5.75 Å². The summed E-state index contributed by atoms with van der Waals surface area (Å²) in [4.78, 5) is 25.1. The number of methoxy groups -OCH3 is 1. The molecule has 0 heterocycles. The number of halogens is 1. The van der Waals surface area contributed by atoms with Crippen LogP contribution in [0, 0.1) is 0 Å². The van der Waals surface area contributed by atoms with Crippen molar-refractivity contribution in [3.63, 3.8) is 0 Å². The summed E-state index contributed by atoms with van der Waals surface area (Å²) in [6.07, 6.45) is 0. The second-order valence-electron chi connectivity index (χ2n) is 7.45. The van der Waals surface area contributed by atoms with Crippen LogP contribution in [0.3, 0.4) is 0 Å². The lowest BCUT2D eigenvalue weighted by Gasteiger charge is -2.10. The third kappa shape index (κ3) is 7.52. The summed E-state index contributed by atoms with van der Waals surface area (Å²) in [5, 5.41) is 10.7. The first-order valence-corrected chi connectivity index (χ1v) is 12.3. The number of hydrogen-bond donors (Lipinski definition) is 3. The normalized spacial score (nSPS) is 11.1. The fourth-order valence-electron chi connectivity index (χ4n) is 3.11. The summed E-state index contributed by atoms with van der Waals surface area (Å²) in [6.45, 7) is 0.449. The van der Waals surface area contributed by atoms with Crippen molar-refractivity contribution < 1.29 is 27.5 Å². The van der Waals surface area contributed by atoms with Crippen LogP contribution < -0.4 is 20.5 Å². The summed E-state index contributed by atoms with van der Waals surface area (Å²) in [5.74, 6) is -0.217. The molecule has 0 unspecified atom stereocenters. The average molecular weight is 518 g/mol. The Morgan fingerprint density at radius 1 is 0.914 bits per heavy atom. The van der Waals surface area contributed by atoms with E-state index in [1.165, 1.54) is 43.5 Å². The van der Waals surface area contributed by atoms with Gasteiger partial charge in [-0.2, -0.15) is 0 Å². The number of rotatable bonds is 10. The van der Waals surface area contributed by atoms with E-state index in [-0.39, 0.29) is 41.3 Å². The van der Waals surface area contributed by atoms with Crippen molar-refractivity contribution in [2.75, 3.05) is 13.9 Å². The second-order valence-corrected chi connectivity index (χ2v) is 9.42. The molecule has 3 aromatic rings. The molecule has 184 valence electrons. The number of carbonyl (C=O) groups is 2. The maximum Gasteiger partial charge on any atom is 0.253 e. The van der Waals surface area contributed by atoms with Gasteiger partial charge in [-0.3, -0.25) is 9.59 Å². The van der Waals surface area contributed by atoms with E-state index in [1.807, 2.05) is 12.1 Å². The van der Waals surface area contributed by atoms with Crippen LogP contribution >= 0.6 is 11.6 Å². The first-order chi connectivity index (χ1) is 16.7. The first-order valence-electron chi connectivity index (χ1n) is 10.4. The van der Waals surface area contributed by atoms with Crippen LogP contribution in [0.4, 0.5) is 0 Å². The Balaban J connectivity index is 1.59. The molecule has 9 nitrogen and oxygen atoms in total. The quantitative estimate of drug-likeness (QED) is 0.354. The van der Waals surface area contributed by atoms with Gasteiger partial charge in [-0.15, -0.1) is 0 Å². The molecule has 35 heavy (non-hydrogen) atoms. The number of amides is 2. The molecule has 0 bridgehead atoms. The highest BCUT2D eigenvalue weighted by molar-refractivity contribution is 7.89. The summed E-state index contributed by atoms with van der Waals surface area (Å²) in [6, 6.07) is 17.5. The van der Waals surface area contributed by atoms with Gasteiger partial charge < -0.3 is 20.1 Å². The summed E-state index contributed by atoms with van der Waals surface area (Å²) in [7, 11) is -2.32. The number of benzene rings is 3. The van der Waals surface area contributed by atoms with Gasteiger partial charge in [-0.1, -0.05) is 35.9 Å². The maximum atomic E-state index is 12.6. The third-order valence-corrected chi connectivity index (χ3v) is 6.07. The highest BCUT2D eigenvalue weighted by Crippen LogP contribution is 2.19. The number of nitrogens with one attached hydrogen (secondary N) is 2. The van der Waals surface area contributed by atoms with Crippen LogP contribution in [0.15, 0.2) is 71.6 Å². The molecule has 0 saturated carbocycles. The van der Waals surface area contributed by atoms with E-state index < -0.39 is 15.9 Å². The molecule has 4 N–H and O–H groups in total. The molecule has 0 atom stereocenters. The summed E-state index contributed by atoms with van der Waals surface area (Å²) >= 11 is 6.26. The number of hydrogen-bond acceptors (Lipinski definition) is 6. The molecule has 3 rings (SSSR count). The lowest BCUT2D eigenvalue weighted by Crippen LogP contribution is -2.25. The predicted octanol–water partition coefficient (Wildman–Crippen LogP) is 2.83. The molecule has 11 heteroatoms. The number of primary sulfonamides is 1. The molecule has 0 aliphatic rings. The molecule has 0 aromatic heterocycles. The summed E-state index contributed by atoms with van der Waals surface area (Å²) in [5.41, 5.74) is 1.85. The Bertz CT molecular complexity index is 1330. The Labute approximate surface area is 208 Å². The molecule has 0 spiro atoms. The third-order valence-electron chi connectivity index (χ3n) is 4.85. The molecule has 2 amide bonds. The molecule has 0 radical (unpaired) electrons. The van der Waals surface area contributed by atoms with E-state index in [1.54, 1.807) is 18.2 Å². The van der Waals surface area contributed by atoms with Crippen molar-refractivity contribution in [2.45, 2.75) is 18.0 Å². The van der Waals surface area contributed by atoms with Crippen molar-refractivity contribution in [2.24, 2.45) is 5.14 Å². The predicted molar refractivity (Wildman–Crippen MR) is 131 cm³/mol. The van der Waals surface area contributed by atoms with Crippen molar-refractivity contribution in [1.82, 2.24) is 10.6 Å². The highest BCUT2D eigenvalue weighted by Gasteiger charge is 2.15. The molecule has 0 aliphatic heterocycles. The SMILES string of the molecule is COCOc1cccc(CNC(=O)c2ccc(C(=O)NCc3cccc(S(N)(=O)=O)c3)c(Cl)c2)c1. The molecule has 0 aliphatic carbocycles. The minimum atomic E-state index is -3.85. The topological polar surface area (TPSA) is 137 Å². The monoisotopic (exact) mass is 517 g/mol. The van der Waals surface area contributed by atoms with E-state index in [0.29, 0.717) is 16.9 Å². The molecule has 0 fully saturated rings. The number of sulfonamides is 1. The van der Waals surface area contributed by atoms with Crippen LogP contribution in [0.5, 0.6) is 5.75 Å². The zero-order valence-corrected chi connectivity index (χ0v) is 20.4. The zero-order valence-electron chi connectivity index (χ0n) is 18.8. The van der Waals surface area contributed by atoms with E-state index in [9.17, 15) is 18.0 Å². The van der Waals surface area contributed by atoms with E-state index >= 15 is 0 Å². The van der Waals surface area contributed by atoms with E-state index in [2.05, 4.69) is 10.6 Å². The summed E-state index contributed by atoms with van der Waals surface area (Å²) < 4.78 is 33.2. The van der Waals surface area contributed by atoms with Crippen LogP contribution in [-0.4, -0.2) is 34.1 Å². The van der Waals surface area contributed by atoms with Gasteiger partial charge in [0.1, 0.15) is 5.75 Å². The zero-order chi connectivity index (χ0) is 25.4. The standard InChI is InChI=1S/C24H24ClN3O6S/c1-33-15-34-19-6-2-4-16(10-19)13-27-23(29)18-8-9-21(22(25)12-18)24(30)28-14-17-5-3-7-20(11-17)35(26,31)32/h2-12H,13-15H2,1H3,(H,27,29)(H,28,30)(H2,26,31,32). The van der Waals surface area contributed by atoms with Crippen LogP contribution in [0.25, 0.3) is 0 Å². The Morgan fingerprint density at radius 3 is 2.23 bits per heavy atom. The Morgan fingerprint density at radius 2 is 1.57 bits per heavy atom. The van der Waals surface area contributed by atoms with Gasteiger partial charge >= 0.3 is 0 Å². The van der Waals surface area contributed by atoms with Gasteiger partial charge in [0.2, 0.25) is 10.0 Å². The maximum absolute atomic E-state index is 12.6. The number of ether oxygens (including phenoxy) is 2. The van der Waals surface area contributed by atoms with Crippen LogP contribution in [0.1, 0.15) is 31.8 Å². The van der Waals surface area contributed by atoms with Gasteiger partial charge in [0.25, 0.3) is 11.8 Å². The number of nitrogens with two attached hydrogens (primary N) is 1. The molecule has 0 saturated heterocycles. The molecule has 3 aromatic carbocycles. The minimum absolute atomic E-state index is 0.0492. The van der Waals surface area contributed by atoms with E-state index in [4.69, 9.17) is 26.2 Å². The smallest absolute Gasteiger partial charge is 0.253 e. The lowest BCUT2D eigenvalue weighted by molar-refractivity contribution is 0.0510. The van der Waals surface area contributed by atoms with E-state index in [0.717, 1.165) is 5.56 Å². The molecular formula is C24H24ClN3O6S. The largest absolute Gasteiger partial charge is 0.468 e. The van der Waals surface area contributed by atoms with Gasteiger partial charge in [-0.05, 0) is 53.6 Å². The fraction of sp³-hybridized carbons (Fsp3) is 0.167.